The summed E-state index contributed by atoms with van der Waals surface area (Å²) < 4.78 is 0. The number of likely N-dealkylation sites (N-methyl/N-ethyl adjacent to an activating group) is 1. The Hall–Kier alpha value is -0.610. The molecule has 1 aliphatic heterocycles. The van der Waals surface area contributed by atoms with Crippen molar-refractivity contribution in [2.24, 2.45) is 5.73 Å². The molecule has 0 aromatic heterocycles. The Labute approximate surface area is 85.8 Å². The van der Waals surface area contributed by atoms with Crippen molar-refractivity contribution in [3.63, 3.8) is 0 Å². The number of hydrogen-bond acceptors (Lipinski definition) is 3. The molecule has 1 aliphatic rings. The lowest BCUT2D eigenvalue weighted by Crippen LogP contribution is -2.49. The predicted octanol–water partition coefficient (Wildman–Crippen LogP) is -0.0659. The van der Waals surface area contributed by atoms with Crippen LogP contribution in [0.4, 0.5) is 0 Å². The lowest BCUT2D eigenvalue weighted by Gasteiger charge is -2.25. The molecule has 82 valence electrons. The van der Waals surface area contributed by atoms with Crippen LogP contribution in [0.1, 0.15) is 26.7 Å². The van der Waals surface area contributed by atoms with Crippen molar-refractivity contribution < 1.29 is 4.79 Å². The molecule has 2 unspecified atom stereocenters. The van der Waals surface area contributed by atoms with Gasteiger partial charge in [0.2, 0.25) is 5.91 Å². The van der Waals surface area contributed by atoms with Crippen LogP contribution < -0.4 is 11.1 Å². The van der Waals surface area contributed by atoms with Crippen LogP contribution in [0.2, 0.25) is 0 Å². The fourth-order valence-electron chi connectivity index (χ4n) is 2.00. The number of nitrogens with two attached hydrogens (primary N) is 1. The highest BCUT2D eigenvalue weighted by molar-refractivity contribution is 5.80. The maximum absolute atomic E-state index is 11.1. The van der Waals surface area contributed by atoms with Gasteiger partial charge < -0.3 is 11.1 Å². The summed E-state index contributed by atoms with van der Waals surface area (Å²) in [6, 6.07) is 0.399. The van der Waals surface area contributed by atoms with Crippen LogP contribution >= 0.6 is 0 Å². The molecule has 4 heteroatoms. The Balaban J connectivity index is 2.41. The highest BCUT2D eigenvalue weighted by atomic mass is 16.1. The zero-order valence-electron chi connectivity index (χ0n) is 9.12. The molecule has 3 N–H and O–H groups in total. The first-order valence-electron chi connectivity index (χ1n) is 5.42. The first-order valence-corrected chi connectivity index (χ1v) is 5.42. The third kappa shape index (κ3) is 2.96. The van der Waals surface area contributed by atoms with Crippen molar-refractivity contribution in [2.75, 3.05) is 19.6 Å². The summed E-state index contributed by atoms with van der Waals surface area (Å²) in [5, 5.41) is 3.11. The van der Waals surface area contributed by atoms with Gasteiger partial charge in [-0.2, -0.15) is 0 Å². The Bertz CT molecular complexity index is 196. The van der Waals surface area contributed by atoms with Crippen LogP contribution in [-0.4, -0.2) is 42.5 Å². The van der Waals surface area contributed by atoms with E-state index in [1.807, 2.05) is 6.92 Å². The molecule has 1 amide bonds. The Kier molecular flexibility index (Phi) is 4.35. The van der Waals surface area contributed by atoms with Crippen molar-refractivity contribution in [3.05, 3.63) is 0 Å². The summed E-state index contributed by atoms with van der Waals surface area (Å²) in [6.07, 6.45) is 2.47. The first kappa shape index (κ1) is 11.5. The van der Waals surface area contributed by atoms with E-state index >= 15 is 0 Å². The molecule has 1 rings (SSSR count). The summed E-state index contributed by atoms with van der Waals surface area (Å²) in [7, 11) is 0. The topological polar surface area (TPSA) is 58.4 Å². The van der Waals surface area contributed by atoms with E-state index in [9.17, 15) is 4.79 Å². The number of carbonyl (C=O) groups excluding carboxylic acids is 1. The zero-order valence-corrected chi connectivity index (χ0v) is 9.12. The van der Waals surface area contributed by atoms with E-state index in [0.29, 0.717) is 6.04 Å². The van der Waals surface area contributed by atoms with Gasteiger partial charge >= 0.3 is 0 Å². The van der Waals surface area contributed by atoms with Crippen molar-refractivity contribution >= 4 is 5.91 Å². The van der Waals surface area contributed by atoms with Crippen LogP contribution in [0.15, 0.2) is 0 Å². The van der Waals surface area contributed by atoms with Crippen LogP contribution in [0.5, 0.6) is 0 Å². The van der Waals surface area contributed by atoms with Gasteiger partial charge in [0.05, 0.1) is 6.04 Å². The fraction of sp³-hybridized carbons (Fsp3) is 0.900. The van der Waals surface area contributed by atoms with Gasteiger partial charge in [-0.25, -0.2) is 0 Å². The Morgan fingerprint density at radius 2 is 2.43 bits per heavy atom. The van der Waals surface area contributed by atoms with E-state index in [4.69, 9.17) is 5.73 Å². The van der Waals surface area contributed by atoms with Crippen molar-refractivity contribution in [1.82, 2.24) is 10.2 Å². The quantitative estimate of drug-likeness (QED) is 0.652. The molecule has 4 nitrogen and oxygen atoms in total. The van der Waals surface area contributed by atoms with Crippen LogP contribution in [0.25, 0.3) is 0 Å². The minimum atomic E-state index is -0.244. The van der Waals surface area contributed by atoms with Gasteiger partial charge in [-0.3, -0.25) is 9.69 Å². The monoisotopic (exact) mass is 199 g/mol. The summed E-state index contributed by atoms with van der Waals surface area (Å²) in [4.78, 5) is 13.4. The molecule has 0 aliphatic carbocycles. The summed E-state index contributed by atoms with van der Waals surface area (Å²) in [5.41, 5.74) is 5.32. The molecule has 0 radical (unpaired) electrons. The van der Waals surface area contributed by atoms with Gasteiger partial charge in [0.1, 0.15) is 0 Å². The van der Waals surface area contributed by atoms with Crippen LogP contribution in [0, 0.1) is 0 Å². The van der Waals surface area contributed by atoms with E-state index < -0.39 is 0 Å². The number of amides is 1. The average Bonchev–Trinajstić information content (AvgIpc) is 2.51. The molecule has 0 spiro atoms. The Morgan fingerprint density at radius 1 is 1.71 bits per heavy atom. The van der Waals surface area contributed by atoms with Gasteiger partial charge in [0.25, 0.3) is 0 Å². The predicted molar refractivity (Wildman–Crippen MR) is 56.9 cm³/mol. The summed E-state index contributed by atoms with van der Waals surface area (Å²) in [6.45, 7) is 6.83. The second kappa shape index (κ2) is 5.32. The molecule has 2 atom stereocenters. The molecule has 0 aromatic rings. The molecule has 1 saturated heterocycles. The lowest BCUT2D eigenvalue weighted by molar-refractivity contribution is -0.120. The molecule has 1 fully saturated rings. The molecule has 0 aromatic carbocycles. The van der Waals surface area contributed by atoms with Crippen LogP contribution in [-0.2, 0) is 4.79 Å². The third-order valence-electron chi connectivity index (χ3n) is 2.90. The standard InChI is InChI=1S/C10H21N3O/c1-3-12-9(10(11)14)7-13-6-4-5-8(13)2/h8-9,12H,3-7H2,1-2H3,(H2,11,14). The van der Waals surface area contributed by atoms with Crippen molar-refractivity contribution in [1.29, 1.82) is 0 Å². The molecule has 1 heterocycles. The van der Waals surface area contributed by atoms with E-state index in [-0.39, 0.29) is 11.9 Å². The molecule has 0 saturated carbocycles. The molecular formula is C10H21N3O. The van der Waals surface area contributed by atoms with Gasteiger partial charge in [-0.05, 0) is 32.9 Å². The maximum atomic E-state index is 11.1. The van der Waals surface area contributed by atoms with Crippen molar-refractivity contribution in [2.45, 2.75) is 38.8 Å². The Morgan fingerprint density at radius 3 is 2.86 bits per heavy atom. The molecular weight excluding hydrogens is 178 g/mol. The van der Waals surface area contributed by atoms with Gasteiger partial charge in [0.15, 0.2) is 0 Å². The first-order chi connectivity index (χ1) is 6.65. The lowest BCUT2D eigenvalue weighted by atomic mass is 10.2. The van der Waals surface area contributed by atoms with Gasteiger partial charge in [-0.1, -0.05) is 6.92 Å². The number of nitrogens with zero attached hydrogens (tertiary/aromatic N) is 1. The minimum Gasteiger partial charge on any atom is -0.368 e. The molecule has 14 heavy (non-hydrogen) atoms. The number of carbonyl (C=O) groups is 1. The largest absolute Gasteiger partial charge is 0.368 e. The average molecular weight is 199 g/mol. The number of hydrogen-bond donors (Lipinski definition) is 2. The smallest absolute Gasteiger partial charge is 0.235 e. The minimum absolute atomic E-state index is 0.194. The van der Waals surface area contributed by atoms with E-state index in [1.165, 1.54) is 12.8 Å². The van der Waals surface area contributed by atoms with Crippen LogP contribution in [0.3, 0.4) is 0 Å². The normalized spacial score (nSPS) is 25.1. The second-order valence-electron chi connectivity index (χ2n) is 4.00. The zero-order chi connectivity index (χ0) is 10.6. The van der Waals surface area contributed by atoms with Gasteiger partial charge in [-0.15, -0.1) is 0 Å². The highest BCUT2D eigenvalue weighted by Gasteiger charge is 2.25. The van der Waals surface area contributed by atoms with Crippen molar-refractivity contribution in [3.8, 4) is 0 Å². The van der Waals surface area contributed by atoms with E-state index in [2.05, 4.69) is 17.1 Å². The highest BCUT2D eigenvalue weighted by Crippen LogP contribution is 2.16. The maximum Gasteiger partial charge on any atom is 0.235 e. The third-order valence-corrected chi connectivity index (χ3v) is 2.90. The number of nitrogens with one attached hydrogen (secondary N) is 1. The van der Waals surface area contributed by atoms with E-state index in [1.54, 1.807) is 0 Å². The fourth-order valence-corrected chi connectivity index (χ4v) is 2.00. The SMILES string of the molecule is CCNC(CN1CCCC1C)C(N)=O. The second-order valence-corrected chi connectivity index (χ2v) is 4.00. The molecule has 0 bridgehead atoms. The number of rotatable bonds is 5. The number of likely N-dealkylation sites (tertiary alicyclic amines) is 1. The van der Waals surface area contributed by atoms with Gasteiger partial charge in [0, 0.05) is 12.6 Å². The summed E-state index contributed by atoms with van der Waals surface area (Å²) in [5.74, 6) is -0.244. The van der Waals surface area contributed by atoms with E-state index in [0.717, 1.165) is 19.6 Å². The number of primary amides is 1. The summed E-state index contributed by atoms with van der Waals surface area (Å²) >= 11 is 0.